The van der Waals surface area contributed by atoms with Crippen LogP contribution in [0.5, 0.6) is 0 Å². The van der Waals surface area contributed by atoms with Gasteiger partial charge in [-0.2, -0.15) is 0 Å². The van der Waals surface area contributed by atoms with Crippen molar-refractivity contribution in [2.24, 2.45) is 11.8 Å². The normalized spacial score (nSPS) is 24.8. The molecule has 0 saturated heterocycles. The molecule has 4 nitrogen and oxygen atoms in total. The zero-order valence-corrected chi connectivity index (χ0v) is 13.4. The minimum atomic E-state index is -3.08. The molecule has 0 atom stereocenters. The zero-order chi connectivity index (χ0) is 14.3. The highest BCUT2D eigenvalue weighted by molar-refractivity contribution is 7.89. The fourth-order valence-corrected chi connectivity index (χ4v) is 3.66. The van der Waals surface area contributed by atoms with Crippen LogP contribution in [0.15, 0.2) is 0 Å². The van der Waals surface area contributed by atoms with E-state index in [0.29, 0.717) is 24.9 Å². The summed E-state index contributed by atoms with van der Waals surface area (Å²) in [4.78, 5) is 0. The van der Waals surface area contributed by atoms with Crippen molar-refractivity contribution in [2.75, 3.05) is 18.8 Å². The number of rotatable bonds is 8. The molecule has 0 aliphatic heterocycles. The van der Waals surface area contributed by atoms with Gasteiger partial charge in [0.2, 0.25) is 10.0 Å². The van der Waals surface area contributed by atoms with Crippen molar-refractivity contribution in [1.82, 2.24) is 10.0 Å². The van der Waals surface area contributed by atoms with Gasteiger partial charge in [-0.3, -0.25) is 0 Å². The standard InChI is InChI=1S/C14H30N2O2S/c1-12(2)15-9-4-10-19(17,18)16-11-14-7-5-13(3)6-8-14/h12-16H,4-11H2,1-3H3. The van der Waals surface area contributed by atoms with E-state index in [1.54, 1.807) is 0 Å². The maximum atomic E-state index is 11.8. The fourth-order valence-electron chi connectivity index (χ4n) is 2.50. The highest BCUT2D eigenvalue weighted by Gasteiger charge is 2.20. The van der Waals surface area contributed by atoms with Gasteiger partial charge in [0, 0.05) is 12.6 Å². The second-order valence-corrected chi connectivity index (χ2v) is 8.18. The lowest BCUT2D eigenvalue weighted by atomic mass is 9.83. The molecule has 0 aromatic carbocycles. The van der Waals surface area contributed by atoms with Gasteiger partial charge < -0.3 is 5.32 Å². The Labute approximate surface area is 118 Å². The van der Waals surface area contributed by atoms with Crippen LogP contribution < -0.4 is 10.0 Å². The van der Waals surface area contributed by atoms with Crippen molar-refractivity contribution in [1.29, 1.82) is 0 Å². The van der Waals surface area contributed by atoms with Crippen LogP contribution in [0, 0.1) is 11.8 Å². The van der Waals surface area contributed by atoms with Crippen molar-refractivity contribution in [3.63, 3.8) is 0 Å². The first-order valence-corrected chi connectivity index (χ1v) is 9.25. The molecule has 114 valence electrons. The lowest BCUT2D eigenvalue weighted by Crippen LogP contribution is -2.34. The van der Waals surface area contributed by atoms with Crippen LogP contribution in [0.1, 0.15) is 52.9 Å². The lowest BCUT2D eigenvalue weighted by Gasteiger charge is -2.26. The summed E-state index contributed by atoms with van der Waals surface area (Å²) in [6, 6.07) is 0.417. The molecule has 0 bridgehead atoms. The molecule has 1 aliphatic rings. The Balaban J connectivity index is 2.16. The fraction of sp³-hybridized carbons (Fsp3) is 1.00. The third-order valence-electron chi connectivity index (χ3n) is 3.87. The van der Waals surface area contributed by atoms with Gasteiger partial charge in [-0.15, -0.1) is 0 Å². The van der Waals surface area contributed by atoms with E-state index >= 15 is 0 Å². The van der Waals surface area contributed by atoms with E-state index in [1.807, 2.05) is 0 Å². The number of hydrogen-bond donors (Lipinski definition) is 2. The van der Waals surface area contributed by atoms with Gasteiger partial charge in [0.05, 0.1) is 5.75 Å². The summed E-state index contributed by atoms with van der Waals surface area (Å²) in [7, 11) is -3.08. The van der Waals surface area contributed by atoms with Gasteiger partial charge in [-0.1, -0.05) is 33.6 Å². The SMILES string of the molecule is CC1CCC(CNS(=O)(=O)CCCNC(C)C)CC1. The minimum absolute atomic E-state index is 0.232. The molecule has 5 heteroatoms. The number of hydrogen-bond acceptors (Lipinski definition) is 3. The molecule has 1 aliphatic carbocycles. The van der Waals surface area contributed by atoms with Crippen molar-refractivity contribution in [2.45, 2.75) is 58.9 Å². The molecular formula is C14H30N2O2S. The summed E-state index contributed by atoms with van der Waals surface area (Å²) >= 11 is 0. The summed E-state index contributed by atoms with van der Waals surface area (Å²) in [5, 5.41) is 3.24. The molecule has 19 heavy (non-hydrogen) atoms. The van der Waals surface area contributed by atoms with E-state index in [0.717, 1.165) is 12.5 Å². The summed E-state index contributed by atoms with van der Waals surface area (Å²) < 4.78 is 26.5. The van der Waals surface area contributed by atoms with Gasteiger partial charge in [-0.25, -0.2) is 13.1 Å². The van der Waals surface area contributed by atoms with Gasteiger partial charge in [0.25, 0.3) is 0 Å². The van der Waals surface area contributed by atoms with E-state index in [4.69, 9.17) is 0 Å². The maximum absolute atomic E-state index is 11.8. The molecule has 0 aromatic rings. The van der Waals surface area contributed by atoms with E-state index < -0.39 is 10.0 Å². The number of sulfonamides is 1. The smallest absolute Gasteiger partial charge is 0.211 e. The van der Waals surface area contributed by atoms with Crippen LogP contribution in [0.25, 0.3) is 0 Å². The first-order valence-electron chi connectivity index (χ1n) is 7.60. The van der Waals surface area contributed by atoms with E-state index in [-0.39, 0.29) is 5.75 Å². The predicted molar refractivity (Wildman–Crippen MR) is 80.7 cm³/mol. The van der Waals surface area contributed by atoms with Gasteiger partial charge in [-0.05, 0) is 37.6 Å². The van der Waals surface area contributed by atoms with Crippen molar-refractivity contribution in [3.8, 4) is 0 Å². The first-order chi connectivity index (χ1) is 8.89. The summed E-state index contributed by atoms with van der Waals surface area (Å²) in [6.07, 6.45) is 5.49. The molecule has 0 amide bonds. The second kappa shape index (κ2) is 8.22. The zero-order valence-electron chi connectivity index (χ0n) is 12.6. The molecule has 0 unspecified atom stereocenters. The van der Waals surface area contributed by atoms with Crippen LogP contribution in [-0.4, -0.2) is 33.3 Å². The van der Waals surface area contributed by atoms with Crippen LogP contribution >= 0.6 is 0 Å². The van der Waals surface area contributed by atoms with Crippen molar-refractivity contribution < 1.29 is 8.42 Å². The molecule has 1 rings (SSSR count). The predicted octanol–water partition coefficient (Wildman–Crippen LogP) is 2.12. The van der Waals surface area contributed by atoms with Crippen LogP contribution in [0.3, 0.4) is 0 Å². The number of nitrogens with one attached hydrogen (secondary N) is 2. The molecule has 0 heterocycles. The third-order valence-corrected chi connectivity index (χ3v) is 5.30. The summed E-state index contributed by atoms with van der Waals surface area (Å²) in [5.41, 5.74) is 0. The van der Waals surface area contributed by atoms with Gasteiger partial charge in [0.15, 0.2) is 0 Å². The van der Waals surface area contributed by atoms with E-state index in [1.165, 1.54) is 25.7 Å². The highest BCUT2D eigenvalue weighted by atomic mass is 32.2. The topological polar surface area (TPSA) is 58.2 Å². The largest absolute Gasteiger partial charge is 0.314 e. The Morgan fingerprint density at radius 3 is 2.37 bits per heavy atom. The Hall–Kier alpha value is -0.130. The summed E-state index contributed by atoms with van der Waals surface area (Å²) in [5.74, 6) is 1.59. The average molecular weight is 290 g/mol. The van der Waals surface area contributed by atoms with Gasteiger partial charge >= 0.3 is 0 Å². The second-order valence-electron chi connectivity index (χ2n) is 6.26. The Morgan fingerprint density at radius 2 is 1.79 bits per heavy atom. The first kappa shape index (κ1) is 16.9. The van der Waals surface area contributed by atoms with E-state index in [2.05, 4.69) is 30.8 Å². The third kappa shape index (κ3) is 7.90. The molecule has 0 spiro atoms. The molecule has 0 aromatic heterocycles. The van der Waals surface area contributed by atoms with Crippen LogP contribution in [-0.2, 0) is 10.0 Å². The van der Waals surface area contributed by atoms with Gasteiger partial charge in [0.1, 0.15) is 0 Å². The highest BCUT2D eigenvalue weighted by Crippen LogP contribution is 2.27. The van der Waals surface area contributed by atoms with Crippen LogP contribution in [0.4, 0.5) is 0 Å². The Kier molecular flexibility index (Phi) is 7.32. The maximum Gasteiger partial charge on any atom is 0.211 e. The van der Waals surface area contributed by atoms with Crippen molar-refractivity contribution >= 4 is 10.0 Å². The molecule has 1 fully saturated rings. The Morgan fingerprint density at radius 1 is 1.16 bits per heavy atom. The molecular weight excluding hydrogens is 260 g/mol. The average Bonchev–Trinajstić information content (AvgIpc) is 2.34. The van der Waals surface area contributed by atoms with Crippen molar-refractivity contribution in [3.05, 3.63) is 0 Å². The monoisotopic (exact) mass is 290 g/mol. The molecule has 2 N–H and O–H groups in total. The molecule has 0 radical (unpaired) electrons. The minimum Gasteiger partial charge on any atom is -0.314 e. The Bertz CT molecular complexity index is 333. The molecule has 1 saturated carbocycles. The quantitative estimate of drug-likeness (QED) is 0.673. The van der Waals surface area contributed by atoms with Crippen LogP contribution in [0.2, 0.25) is 0 Å². The summed E-state index contributed by atoms with van der Waals surface area (Å²) in [6.45, 7) is 7.81. The van der Waals surface area contributed by atoms with E-state index in [9.17, 15) is 8.42 Å². The lowest BCUT2D eigenvalue weighted by molar-refractivity contribution is 0.290.